The average Bonchev–Trinajstić information content (AvgIpc) is 2.78. The highest BCUT2D eigenvalue weighted by Gasteiger charge is 2.28. The van der Waals surface area contributed by atoms with Gasteiger partial charge in [-0.2, -0.15) is 4.31 Å². The molecule has 1 aromatic heterocycles. The zero-order chi connectivity index (χ0) is 22.4. The predicted octanol–water partition coefficient (Wildman–Crippen LogP) is 3.29. The highest BCUT2D eigenvalue weighted by molar-refractivity contribution is 7.89. The number of nitrogens with zero attached hydrogens (tertiary/aromatic N) is 2. The number of anilines is 1. The third-order valence-electron chi connectivity index (χ3n) is 4.73. The number of rotatable bonds is 9. The lowest BCUT2D eigenvalue weighted by molar-refractivity contribution is -0.116. The summed E-state index contributed by atoms with van der Waals surface area (Å²) in [5.41, 5.74) is 0.400. The number of amides is 1. The van der Waals surface area contributed by atoms with E-state index in [-0.39, 0.29) is 18.0 Å². The number of carbonyl (C=O) groups excluding carboxylic acids is 1. The quantitative estimate of drug-likeness (QED) is 0.545. The molecule has 3 rings (SSSR count). The second kappa shape index (κ2) is 9.76. The first kappa shape index (κ1) is 22.5. The predicted molar refractivity (Wildman–Crippen MR) is 119 cm³/mol. The molecule has 0 saturated heterocycles. The summed E-state index contributed by atoms with van der Waals surface area (Å²) >= 11 is 0. The summed E-state index contributed by atoms with van der Waals surface area (Å²) in [6.45, 7) is 1.73. The fourth-order valence-corrected chi connectivity index (χ4v) is 4.95. The summed E-state index contributed by atoms with van der Waals surface area (Å²) in [5, 5.41) is 4.00. The van der Waals surface area contributed by atoms with Crippen molar-refractivity contribution in [2.45, 2.75) is 18.2 Å². The van der Waals surface area contributed by atoms with Crippen LogP contribution in [0.15, 0.2) is 59.8 Å². The Hall–Kier alpha value is -3.17. The van der Waals surface area contributed by atoms with Gasteiger partial charge in [0, 0.05) is 35.8 Å². The molecular formula is C22H25N3O5S. The lowest BCUT2D eigenvalue weighted by Crippen LogP contribution is -2.38. The molecule has 0 saturated carbocycles. The van der Waals surface area contributed by atoms with Gasteiger partial charge in [0.2, 0.25) is 15.9 Å². The third kappa shape index (κ3) is 4.95. The van der Waals surface area contributed by atoms with Crippen LogP contribution < -0.4 is 14.8 Å². The average molecular weight is 444 g/mol. The molecule has 0 unspecified atom stereocenters. The molecule has 0 aliphatic rings. The Morgan fingerprint density at radius 3 is 2.65 bits per heavy atom. The van der Waals surface area contributed by atoms with Crippen molar-refractivity contribution in [3.63, 3.8) is 0 Å². The van der Waals surface area contributed by atoms with Crippen molar-refractivity contribution in [2.24, 2.45) is 0 Å². The van der Waals surface area contributed by atoms with E-state index >= 15 is 0 Å². The Kier molecular flexibility index (Phi) is 7.09. The fourth-order valence-electron chi connectivity index (χ4n) is 3.25. The number of hydrogen-bond acceptors (Lipinski definition) is 6. The van der Waals surface area contributed by atoms with Crippen LogP contribution in [0.1, 0.15) is 13.3 Å². The van der Waals surface area contributed by atoms with E-state index in [1.54, 1.807) is 54.9 Å². The molecule has 0 spiro atoms. The molecule has 1 heterocycles. The van der Waals surface area contributed by atoms with E-state index in [0.717, 1.165) is 0 Å². The van der Waals surface area contributed by atoms with Gasteiger partial charge >= 0.3 is 0 Å². The Morgan fingerprint density at radius 1 is 1.13 bits per heavy atom. The van der Waals surface area contributed by atoms with Gasteiger partial charge in [-0.25, -0.2) is 8.42 Å². The molecule has 31 heavy (non-hydrogen) atoms. The smallest absolute Gasteiger partial charge is 0.244 e. The summed E-state index contributed by atoms with van der Waals surface area (Å²) < 4.78 is 38.5. The van der Waals surface area contributed by atoms with E-state index < -0.39 is 15.9 Å². The summed E-state index contributed by atoms with van der Waals surface area (Å²) in [6, 6.07) is 11.7. The van der Waals surface area contributed by atoms with Gasteiger partial charge in [0.15, 0.2) is 0 Å². The van der Waals surface area contributed by atoms with Gasteiger partial charge in [0.1, 0.15) is 11.5 Å². The van der Waals surface area contributed by atoms with Crippen molar-refractivity contribution < 1.29 is 22.7 Å². The summed E-state index contributed by atoms with van der Waals surface area (Å²) in [7, 11) is -0.914. The number of fused-ring (bicyclic) bond motifs is 1. The summed E-state index contributed by atoms with van der Waals surface area (Å²) in [6.07, 6.45) is 3.72. The van der Waals surface area contributed by atoms with Crippen LogP contribution in [0.4, 0.5) is 5.69 Å². The number of nitrogens with one attached hydrogen (secondary N) is 1. The van der Waals surface area contributed by atoms with Crippen LogP contribution in [0.2, 0.25) is 0 Å². The standard InChI is InChI=1S/C22H25N3O5S/c1-4-12-25(15-22(26)24-19-13-17(29-2)8-9-20(19)30-3)31(27,28)21-7-5-6-16-14-23-11-10-18(16)21/h5-11,13-14H,4,12,15H2,1-3H3,(H,24,26). The molecular weight excluding hydrogens is 418 g/mol. The van der Waals surface area contributed by atoms with Crippen LogP contribution in [0, 0.1) is 0 Å². The molecule has 3 aromatic rings. The lowest BCUT2D eigenvalue weighted by atomic mass is 10.2. The van der Waals surface area contributed by atoms with Gasteiger partial charge in [-0.15, -0.1) is 0 Å². The van der Waals surface area contributed by atoms with Crippen molar-refractivity contribution in [3.8, 4) is 11.5 Å². The molecule has 9 heteroatoms. The van der Waals surface area contributed by atoms with Gasteiger partial charge in [0.25, 0.3) is 0 Å². The number of aromatic nitrogens is 1. The molecule has 0 aliphatic carbocycles. The van der Waals surface area contributed by atoms with Crippen molar-refractivity contribution in [2.75, 3.05) is 32.6 Å². The zero-order valence-corrected chi connectivity index (χ0v) is 18.5. The largest absolute Gasteiger partial charge is 0.497 e. The number of carbonyl (C=O) groups is 1. The molecule has 0 aliphatic heterocycles. The van der Waals surface area contributed by atoms with E-state index in [1.807, 2.05) is 6.92 Å². The first-order valence-electron chi connectivity index (χ1n) is 9.75. The first-order chi connectivity index (χ1) is 14.9. The maximum absolute atomic E-state index is 13.4. The molecule has 0 atom stereocenters. The number of benzene rings is 2. The molecule has 2 aromatic carbocycles. The molecule has 1 N–H and O–H groups in total. The Morgan fingerprint density at radius 2 is 1.94 bits per heavy atom. The van der Waals surface area contributed by atoms with Crippen molar-refractivity contribution in [1.29, 1.82) is 0 Å². The van der Waals surface area contributed by atoms with E-state index in [1.165, 1.54) is 18.5 Å². The maximum atomic E-state index is 13.4. The summed E-state index contributed by atoms with van der Waals surface area (Å²) in [5.74, 6) is 0.504. The minimum atomic E-state index is -3.92. The van der Waals surface area contributed by atoms with E-state index in [2.05, 4.69) is 10.3 Å². The van der Waals surface area contributed by atoms with E-state index in [0.29, 0.717) is 34.4 Å². The molecule has 1 amide bonds. The topological polar surface area (TPSA) is 97.8 Å². The van der Waals surface area contributed by atoms with Crippen molar-refractivity contribution in [3.05, 3.63) is 54.9 Å². The number of pyridine rings is 1. The molecule has 8 nitrogen and oxygen atoms in total. The van der Waals surface area contributed by atoms with Crippen molar-refractivity contribution in [1.82, 2.24) is 9.29 Å². The monoisotopic (exact) mass is 443 g/mol. The van der Waals surface area contributed by atoms with Crippen LogP contribution in [0.5, 0.6) is 11.5 Å². The second-order valence-electron chi connectivity index (χ2n) is 6.81. The highest BCUT2D eigenvalue weighted by atomic mass is 32.2. The zero-order valence-electron chi connectivity index (χ0n) is 17.7. The molecule has 164 valence electrons. The van der Waals surface area contributed by atoms with Gasteiger partial charge in [-0.1, -0.05) is 19.1 Å². The van der Waals surface area contributed by atoms with E-state index in [9.17, 15) is 13.2 Å². The number of ether oxygens (including phenoxy) is 2. The Bertz CT molecular complexity index is 1180. The highest BCUT2D eigenvalue weighted by Crippen LogP contribution is 2.29. The van der Waals surface area contributed by atoms with Crippen LogP contribution in [0.3, 0.4) is 0 Å². The van der Waals surface area contributed by atoms with E-state index in [4.69, 9.17) is 9.47 Å². The second-order valence-corrected chi connectivity index (χ2v) is 8.71. The van der Waals surface area contributed by atoms with Crippen LogP contribution >= 0.6 is 0 Å². The van der Waals surface area contributed by atoms with Gasteiger partial charge in [0.05, 0.1) is 31.3 Å². The molecule has 0 radical (unpaired) electrons. The normalized spacial score (nSPS) is 11.5. The number of sulfonamides is 1. The van der Waals surface area contributed by atoms with Crippen molar-refractivity contribution >= 4 is 32.4 Å². The van der Waals surface area contributed by atoms with Gasteiger partial charge < -0.3 is 14.8 Å². The van der Waals surface area contributed by atoms with Crippen LogP contribution in [-0.2, 0) is 14.8 Å². The minimum absolute atomic E-state index is 0.146. The minimum Gasteiger partial charge on any atom is -0.497 e. The van der Waals surface area contributed by atoms with Gasteiger partial charge in [-0.3, -0.25) is 9.78 Å². The maximum Gasteiger partial charge on any atom is 0.244 e. The number of methoxy groups -OCH3 is 2. The SMILES string of the molecule is CCCN(CC(=O)Nc1cc(OC)ccc1OC)S(=O)(=O)c1cccc2cnccc12. The Labute approximate surface area is 181 Å². The lowest BCUT2D eigenvalue weighted by Gasteiger charge is -2.22. The Balaban J connectivity index is 1.89. The molecule has 0 bridgehead atoms. The summed E-state index contributed by atoms with van der Waals surface area (Å²) in [4.78, 5) is 17.0. The molecule has 0 fully saturated rings. The van der Waals surface area contributed by atoms with Crippen LogP contribution in [-0.4, -0.2) is 50.9 Å². The first-order valence-corrected chi connectivity index (χ1v) is 11.2. The van der Waals surface area contributed by atoms with Crippen LogP contribution in [0.25, 0.3) is 10.8 Å². The number of hydrogen-bond donors (Lipinski definition) is 1. The van der Waals surface area contributed by atoms with Gasteiger partial charge in [-0.05, 0) is 30.7 Å². The third-order valence-corrected chi connectivity index (χ3v) is 6.64. The fraction of sp³-hybridized carbons (Fsp3) is 0.273.